The monoisotopic (exact) mass is 316 g/mol. The van der Waals surface area contributed by atoms with Crippen LogP contribution in [0, 0.1) is 4.91 Å². The fourth-order valence-corrected chi connectivity index (χ4v) is 2.67. The normalized spacial score (nSPS) is 10.8. The van der Waals surface area contributed by atoms with Crippen molar-refractivity contribution in [3.63, 3.8) is 0 Å². The highest BCUT2D eigenvalue weighted by Crippen LogP contribution is 2.41. The van der Waals surface area contributed by atoms with E-state index in [0.29, 0.717) is 29.1 Å². The van der Waals surface area contributed by atoms with Gasteiger partial charge in [0.1, 0.15) is 12.4 Å². The SMILES string of the molecule is O=Nc1c(O)n(CCOc2ccccc2)c2cccc(Cl)c12. The van der Waals surface area contributed by atoms with E-state index in [4.69, 9.17) is 16.3 Å². The summed E-state index contributed by atoms with van der Waals surface area (Å²) >= 11 is 6.10. The molecule has 0 amide bonds. The van der Waals surface area contributed by atoms with Crippen molar-refractivity contribution in [1.29, 1.82) is 0 Å². The predicted octanol–water partition coefficient (Wildman–Crippen LogP) is 4.48. The molecule has 1 N–H and O–H groups in total. The molecule has 0 aliphatic heterocycles. The molecule has 3 aromatic rings. The van der Waals surface area contributed by atoms with Gasteiger partial charge in [-0.1, -0.05) is 35.9 Å². The standard InChI is InChI=1S/C16H13ClN2O3/c17-12-7-4-8-13-14(12)15(18-21)16(20)19(13)9-10-22-11-5-2-1-3-6-11/h1-8,20H,9-10H2. The molecule has 0 saturated heterocycles. The Morgan fingerprint density at radius 3 is 2.64 bits per heavy atom. The Morgan fingerprint density at radius 1 is 1.14 bits per heavy atom. The third kappa shape index (κ3) is 2.51. The Bertz CT molecular complexity index is 815. The maximum absolute atomic E-state index is 11.0. The zero-order valence-corrected chi connectivity index (χ0v) is 12.3. The van der Waals surface area contributed by atoms with Gasteiger partial charge in [-0.2, -0.15) is 0 Å². The van der Waals surface area contributed by atoms with E-state index in [-0.39, 0.29) is 11.6 Å². The van der Waals surface area contributed by atoms with Crippen molar-refractivity contribution >= 4 is 28.2 Å². The van der Waals surface area contributed by atoms with Crippen molar-refractivity contribution in [2.75, 3.05) is 6.61 Å². The van der Waals surface area contributed by atoms with Gasteiger partial charge in [-0.05, 0) is 29.4 Å². The molecule has 1 heterocycles. The molecule has 6 heteroatoms. The number of nitrogens with zero attached hydrogens (tertiary/aromatic N) is 2. The summed E-state index contributed by atoms with van der Waals surface area (Å²) in [5, 5.41) is 13.9. The van der Waals surface area contributed by atoms with E-state index in [1.54, 1.807) is 22.8 Å². The minimum absolute atomic E-state index is 0.0414. The molecule has 0 unspecified atom stereocenters. The van der Waals surface area contributed by atoms with Crippen LogP contribution in [0.3, 0.4) is 0 Å². The highest BCUT2D eigenvalue weighted by atomic mass is 35.5. The summed E-state index contributed by atoms with van der Waals surface area (Å²) in [6.45, 7) is 0.708. The summed E-state index contributed by atoms with van der Waals surface area (Å²) in [5.41, 5.74) is 0.608. The minimum atomic E-state index is -0.199. The van der Waals surface area contributed by atoms with Crippen molar-refractivity contribution in [2.24, 2.45) is 5.18 Å². The van der Waals surface area contributed by atoms with Crippen LogP contribution in [0.1, 0.15) is 0 Å². The van der Waals surface area contributed by atoms with Crippen LogP contribution in [0.15, 0.2) is 53.7 Å². The van der Waals surface area contributed by atoms with E-state index in [1.165, 1.54) is 0 Å². The van der Waals surface area contributed by atoms with Crippen LogP contribution >= 0.6 is 11.6 Å². The Hall–Kier alpha value is -2.53. The van der Waals surface area contributed by atoms with Gasteiger partial charge in [0.2, 0.25) is 5.88 Å². The van der Waals surface area contributed by atoms with Crippen LogP contribution in [-0.2, 0) is 6.54 Å². The number of hydrogen-bond acceptors (Lipinski definition) is 4. The van der Waals surface area contributed by atoms with Crippen LogP contribution in [0.4, 0.5) is 5.69 Å². The first kappa shape index (κ1) is 14.4. The number of aromatic hydroxyl groups is 1. The van der Waals surface area contributed by atoms with Crippen LogP contribution in [0.2, 0.25) is 5.02 Å². The third-order valence-corrected chi connectivity index (χ3v) is 3.72. The molecular formula is C16H13ClN2O3. The van der Waals surface area contributed by atoms with Gasteiger partial charge in [-0.15, -0.1) is 4.91 Å². The second-order valence-corrected chi connectivity index (χ2v) is 5.12. The summed E-state index contributed by atoms with van der Waals surface area (Å²) in [6, 6.07) is 14.6. The zero-order chi connectivity index (χ0) is 15.5. The van der Waals surface area contributed by atoms with Gasteiger partial charge in [-0.3, -0.25) is 0 Å². The van der Waals surface area contributed by atoms with Gasteiger partial charge < -0.3 is 14.4 Å². The molecule has 0 saturated carbocycles. The number of fused-ring (bicyclic) bond motifs is 1. The smallest absolute Gasteiger partial charge is 0.222 e. The van der Waals surface area contributed by atoms with E-state index >= 15 is 0 Å². The topological polar surface area (TPSA) is 63.8 Å². The number of nitroso groups, excluding NO2 is 1. The van der Waals surface area contributed by atoms with Crippen molar-refractivity contribution < 1.29 is 9.84 Å². The lowest BCUT2D eigenvalue weighted by Gasteiger charge is -2.09. The maximum atomic E-state index is 11.0. The fraction of sp³-hybridized carbons (Fsp3) is 0.125. The Labute approximate surface area is 131 Å². The van der Waals surface area contributed by atoms with Crippen molar-refractivity contribution in [3.8, 4) is 11.6 Å². The molecule has 22 heavy (non-hydrogen) atoms. The lowest BCUT2D eigenvalue weighted by molar-refractivity contribution is 0.290. The van der Waals surface area contributed by atoms with Gasteiger partial charge in [0.05, 0.1) is 22.5 Å². The lowest BCUT2D eigenvalue weighted by atomic mass is 10.2. The quantitative estimate of drug-likeness (QED) is 0.706. The minimum Gasteiger partial charge on any atom is -0.493 e. The highest BCUT2D eigenvalue weighted by Gasteiger charge is 2.19. The van der Waals surface area contributed by atoms with Crippen LogP contribution in [0.5, 0.6) is 11.6 Å². The number of ether oxygens (including phenoxy) is 1. The Balaban J connectivity index is 1.89. The summed E-state index contributed by atoms with van der Waals surface area (Å²) in [5.74, 6) is 0.542. The van der Waals surface area contributed by atoms with E-state index < -0.39 is 0 Å². The van der Waals surface area contributed by atoms with Crippen LogP contribution in [-0.4, -0.2) is 16.3 Å². The number of rotatable bonds is 5. The van der Waals surface area contributed by atoms with Gasteiger partial charge in [0.25, 0.3) is 0 Å². The van der Waals surface area contributed by atoms with Crippen LogP contribution < -0.4 is 4.74 Å². The fourth-order valence-electron chi connectivity index (χ4n) is 2.41. The van der Waals surface area contributed by atoms with Gasteiger partial charge in [0, 0.05) is 0 Å². The second-order valence-electron chi connectivity index (χ2n) is 4.71. The zero-order valence-electron chi connectivity index (χ0n) is 11.6. The molecule has 0 aliphatic carbocycles. The van der Waals surface area contributed by atoms with Crippen LogP contribution in [0.25, 0.3) is 10.9 Å². The molecule has 0 spiro atoms. The van der Waals surface area contributed by atoms with E-state index in [0.717, 1.165) is 5.75 Å². The van der Waals surface area contributed by atoms with Gasteiger partial charge in [-0.25, -0.2) is 0 Å². The summed E-state index contributed by atoms with van der Waals surface area (Å²) in [6.07, 6.45) is 0. The molecule has 3 rings (SSSR count). The first-order chi connectivity index (χ1) is 10.7. The lowest BCUT2D eigenvalue weighted by Crippen LogP contribution is -2.07. The molecular weight excluding hydrogens is 304 g/mol. The van der Waals surface area contributed by atoms with Crippen molar-refractivity contribution in [2.45, 2.75) is 6.54 Å². The maximum Gasteiger partial charge on any atom is 0.222 e. The molecule has 1 aromatic heterocycles. The van der Waals surface area contributed by atoms with Crippen molar-refractivity contribution in [1.82, 2.24) is 4.57 Å². The number of halogens is 1. The van der Waals surface area contributed by atoms with Gasteiger partial charge >= 0.3 is 0 Å². The summed E-state index contributed by atoms with van der Waals surface area (Å²) in [7, 11) is 0. The average Bonchev–Trinajstić information content (AvgIpc) is 2.82. The molecule has 2 aromatic carbocycles. The van der Waals surface area contributed by atoms with Crippen molar-refractivity contribution in [3.05, 3.63) is 58.5 Å². The molecule has 0 fully saturated rings. The molecule has 0 aliphatic rings. The van der Waals surface area contributed by atoms with E-state index in [1.807, 2.05) is 30.3 Å². The predicted molar refractivity (Wildman–Crippen MR) is 86.0 cm³/mol. The van der Waals surface area contributed by atoms with Gasteiger partial charge in [0.15, 0.2) is 5.69 Å². The first-order valence-corrected chi connectivity index (χ1v) is 7.11. The largest absolute Gasteiger partial charge is 0.493 e. The summed E-state index contributed by atoms with van der Waals surface area (Å²) < 4.78 is 7.18. The third-order valence-electron chi connectivity index (χ3n) is 3.40. The Kier molecular flexibility index (Phi) is 3.98. The molecule has 5 nitrogen and oxygen atoms in total. The molecule has 0 radical (unpaired) electrons. The number of hydrogen-bond donors (Lipinski definition) is 1. The second kappa shape index (κ2) is 6.07. The number of para-hydroxylation sites is 1. The average molecular weight is 317 g/mol. The Morgan fingerprint density at radius 2 is 1.91 bits per heavy atom. The number of aromatic nitrogens is 1. The molecule has 112 valence electrons. The van der Waals surface area contributed by atoms with E-state index in [2.05, 4.69) is 5.18 Å². The molecule has 0 atom stereocenters. The summed E-state index contributed by atoms with van der Waals surface area (Å²) in [4.78, 5) is 11.0. The highest BCUT2D eigenvalue weighted by molar-refractivity contribution is 6.36. The molecule has 0 bridgehead atoms. The first-order valence-electron chi connectivity index (χ1n) is 6.73. The van der Waals surface area contributed by atoms with E-state index in [9.17, 15) is 10.0 Å². The number of benzene rings is 2.